The van der Waals surface area contributed by atoms with Gasteiger partial charge in [-0.15, -0.1) is 10.2 Å². The van der Waals surface area contributed by atoms with Crippen molar-refractivity contribution in [2.75, 3.05) is 7.11 Å². The Kier molecular flexibility index (Phi) is 7.47. The van der Waals surface area contributed by atoms with Gasteiger partial charge in [0.2, 0.25) is 0 Å². The third-order valence-corrected chi connectivity index (χ3v) is 6.71. The van der Waals surface area contributed by atoms with Crippen molar-refractivity contribution >= 4 is 33.6 Å². The fourth-order valence-electron chi connectivity index (χ4n) is 3.27. The summed E-state index contributed by atoms with van der Waals surface area (Å²) in [6, 6.07) is 23.5. The molecule has 33 heavy (non-hydrogen) atoms. The van der Waals surface area contributed by atoms with Crippen LogP contribution in [0.15, 0.2) is 82.4 Å². The van der Waals surface area contributed by atoms with E-state index in [1.807, 2.05) is 60.0 Å². The van der Waals surface area contributed by atoms with E-state index in [1.165, 1.54) is 5.56 Å². The van der Waals surface area contributed by atoms with Crippen molar-refractivity contribution in [1.82, 2.24) is 20.1 Å². The number of hydrogen-bond donors (Lipinski definition) is 1. The molecule has 168 valence electrons. The zero-order valence-electron chi connectivity index (χ0n) is 18.3. The number of halogens is 1. The van der Waals surface area contributed by atoms with Gasteiger partial charge in [0.1, 0.15) is 5.75 Å². The van der Waals surface area contributed by atoms with Gasteiger partial charge in [-0.2, -0.15) is 0 Å². The molecule has 0 radical (unpaired) electrons. The Morgan fingerprint density at radius 1 is 1.06 bits per heavy atom. The summed E-state index contributed by atoms with van der Waals surface area (Å²) in [5, 5.41) is 12.5. The molecular weight excluding hydrogens is 500 g/mol. The number of aromatic nitrogens is 3. The van der Waals surface area contributed by atoms with Crippen LogP contribution in [-0.4, -0.2) is 27.8 Å². The van der Waals surface area contributed by atoms with Gasteiger partial charge in [0, 0.05) is 15.9 Å². The average molecular weight is 523 g/mol. The van der Waals surface area contributed by atoms with Crippen molar-refractivity contribution in [3.8, 4) is 11.4 Å². The minimum absolute atomic E-state index is 0.175. The minimum atomic E-state index is -0.175. The molecule has 0 fully saturated rings. The van der Waals surface area contributed by atoms with Gasteiger partial charge in [-0.3, -0.25) is 9.36 Å². The van der Waals surface area contributed by atoms with Gasteiger partial charge in [-0.25, -0.2) is 0 Å². The third-order valence-electron chi connectivity index (χ3n) is 5.02. The van der Waals surface area contributed by atoms with Crippen molar-refractivity contribution in [3.63, 3.8) is 0 Å². The van der Waals surface area contributed by atoms with Crippen LogP contribution in [0.1, 0.15) is 27.3 Å². The number of methoxy groups -OCH3 is 1. The first kappa shape index (κ1) is 23.1. The predicted octanol–water partition coefficient (Wildman–Crippen LogP) is 5.57. The molecule has 4 rings (SSSR count). The van der Waals surface area contributed by atoms with Crippen molar-refractivity contribution in [2.45, 2.75) is 24.4 Å². The molecule has 1 N–H and O–H groups in total. The van der Waals surface area contributed by atoms with Crippen molar-refractivity contribution in [3.05, 3.63) is 99.8 Å². The number of aryl methyl sites for hydroxylation is 1. The summed E-state index contributed by atoms with van der Waals surface area (Å²) in [6.07, 6.45) is 0. The Bertz CT molecular complexity index is 1260. The Balaban J connectivity index is 1.57. The zero-order valence-corrected chi connectivity index (χ0v) is 20.7. The number of ether oxygens (including phenoxy) is 1. The summed E-state index contributed by atoms with van der Waals surface area (Å²) in [6.45, 7) is 2.30. The second-order valence-corrected chi connectivity index (χ2v) is 9.17. The molecule has 0 aliphatic carbocycles. The monoisotopic (exact) mass is 522 g/mol. The number of nitrogens with one attached hydrogen (secondary N) is 1. The maximum atomic E-state index is 12.7. The van der Waals surface area contributed by atoms with Gasteiger partial charge >= 0.3 is 0 Å². The Hall–Kier alpha value is -3.10. The molecule has 0 saturated heterocycles. The molecule has 8 heteroatoms. The van der Waals surface area contributed by atoms with Crippen molar-refractivity contribution < 1.29 is 9.53 Å². The third kappa shape index (κ3) is 5.64. The normalized spacial score (nSPS) is 10.8. The summed E-state index contributed by atoms with van der Waals surface area (Å²) in [5.41, 5.74) is 3.82. The molecular formula is C25H23BrN4O2S. The highest BCUT2D eigenvalue weighted by molar-refractivity contribution is 9.10. The van der Waals surface area contributed by atoms with Gasteiger partial charge in [0.05, 0.1) is 19.2 Å². The highest BCUT2D eigenvalue weighted by Gasteiger charge is 2.17. The van der Waals surface area contributed by atoms with Gasteiger partial charge < -0.3 is 10.1 Å². The van der Waals surface area contributed by atoms with Gasteiger partial charge in [0.15, 0.2) is 11.0 Å². The number of amides is 1. The molecule has 0 aliphatic heterocycles. The van der Waals surface area contributed by atoms with Crippen molar-refractivity contribution in [2.24, 2.45) is 0 Å². The molecule has 1 aromatic heterocycles. The van der Waals surface area contributed by atoms with Crippen LogP contribution in [0.25, 0.3) is 5.69 Å². The largest absolute Gasteiger partial charge is 0.497 e. The number of nitrogens with zero attached hydrogens (tertiary/aromatic N) is 3. The maximum absolute atomic E-state index is 12.7. The molecule has 0 saturated carbocycles. The van der Waals surface area contributed by atoms with E-state index in [1.54, 1.807) is 24.9 Å². The van der Waals surface area contributed by atoms with Crippen LogP contribution in [-0.2, 0) is 12.3 Å². The van der Waals surface area contributed by atoms with E-state index < -0.39 is 0 Å². The van der Waals surface area contributed by atoms with E-state index in [0.29, 0.717) is 17.1 Å². The van der Waals surface area contributed by atoms with E-state index in [2.05, 4.69) is 49.6 Å². The average Bonchev–Trinajstić information content (AvgIpc) is 3.25. The fourth-order valence-corrected chi connectivity index (χ4v) is 4.65. The molecule has 6 nitrogen and oxygen atoms in total. The number of hydrogen-bond acceptors (Lipinski definition) is 5. The lowest BCUT2D eigenvalue weighted by molar-refractivity contribution is 0.0949. The number of rotatable bonds is 8. The quantitative estimate of drug-likeness (QED) is 0.306. The van der Waals surface area contributed by atoms with Crippen LogP contribution >= 0.6 is 27.7 Å². The standard InChI is InChI=1S/C25H23BrN4O2S/c1-17-10-12-19(13-11-17)30-23(15-27-24(31)21-8-3-4-9-22(21)26)28-29-25(30)33-16-18-6-5-7-20(14-18)32-2/h3-14H,15-16H2,1-2H3,(H,27,31). The second kappa shape index (κ2) is 10.7. The molecule has 0 bridgehead atoms. The molecule has 3 aromatic carbocycles. The molecule has 0 atom stereocenters. The van der Waals surface area contributed by atoms with E-state index >= 15 is 0 Å². The summed E-state index contributed by atoms with van der Waals surface area (Å²) < 4.78 is 8.07. The lowest BCUT2D eigenvalue weighted by Crippen LogP contribution is -2.25. The fraction of sp³-hybridized carbons (Fsp3) is 0.160. The first-order valence-corrected chi connectivity index (χ1v) is 12.1. The first-order chi connectivity index (χ1) is 16.0. The Morgan fingerprint density at radius 2 is 1.85 bits per heavy atom. The number of thioether (sulfide) groups is 1. The highest BCUT2D eigenvalue weighted by Crippen LogP contribution is 2.27. The zero-order chi connectivity index (χ0) is 23.2. The Morgan fingerprint density at radius 3 is 2.61 bits per heavy atom. The van der Waals surface area contributed by atoms with Crippen LogP contribution in [0.2, 0.25) is 0 Å². The smallest absolute Gasteiger partial charge is 0.252 e. The lowest BCUT2D eigenvalue weighted by atomic mass is 10.2. The summed E-state index contributed by atoms with van der Waals surface area (Å²) in [7, 11) is 1.66. The summed E-state index contributed by atoms with van der Waals surface area (Å²) in [5.74, 6) is 2.02. The Labute approximate surface area is 205 Å². The molecule has 0 aliphatic rings. The second-order valence-electron chi connectivity index (χ2n) is 7.37. The maximum Gasteiger partial charge on any atom is 0.252 e. The van der Waals surface area contributed by atoms with Crippen LogP contribution in [0.5, 0.6) is 5.75 Å². The topological polar surface area (TPSA) is 69.0 Å². The molecule has 4 aromatic rings. The lowest BCUT2D eigenvalue weighted by Gasteiger charge is -2.12. The number of benzene rings is 3. The SMILES string of the molecule is COc1cccc(CSc2nnc(CNC(=O)c3ccccc3Br)n2-c2ccc(C)cc2)c1. The van der Waals surface area contributed by atoms with Crippen LogP contribution in [0.3, 0.4) is 0 Å². The first-order valence-electron chi connectivity index (χ1n) is 10.3. The molecule has 0 unspecified atom stereocenters. The van der Waals surface area contributed by atoms with Gasteiger partial charge in [-0.05, 0) is 64.8 Å². The van der Waals surface area contributed by atoms with Gasteiger partial charge in [0.25, 0.3) is 5.91 Å². The molecule has 1 amide bonds. The highest BCUT2D eigenvalue weighted by atomic mass is 79.9. The number of carbonyl (C=O) groups excluding carboxylic acids is 1. The summed E-state index contributed by atoms with van der Waals surface area (Å²) >= 11 is 5.02. The molecule has 0 spiro atoms. The van der Waals surface area contributed by atoms with E-state index in [4.69, 9.17) is 4.74 Å². The van der Waals surface area contributed by atoms with Crippen molar-refractivity contribution in [1.29, 1.82) is 0 Å². The summed E-state index contributed by atoms with van der Waals surface area (Å²) in [4.78, 5) is 12.7. The van der Waals surface area contributed by atoms with Gasteiger partial charge in [-0.1, -0.05) is 53.7 Å². The van der Waals surface area contributed by atoms with E-state index in [9.17, 15) is 4.79 Å². The van der Waals surface area contributed by atoms with E-state index in [0.717, 1.165) is 26.6 Å². The predicted molar refractivity (Wildman–Crippen MR) is 134 cm³/mol. The van der Waals surface area contributed by atoms with Crippen LogP contribution in [0, 0.1) is 6.92 Å². The number of carbonyl (C=O) groups is 1. The van der Waals surface area contributed by atoms with Crippen LogP contribution in [0.4, 0.5) is 0 Å². The molecule has 1 heterocycles. The van der Waals surface area contributed by atoms with Crippen LogP contribution < -0.4 is 10.1 Å². The van der Waals surface area contributed by atoms with E-state index in [-0.39, 0.29) is 12.5 Å². The minimum Gasteiger partial charge on any atom is -0.497 e.